The van der Waals surface area contributed by atoms with Crippen molar-refractivity contribution >= 4 is 50.2 Å². The van der Waals surface area contributed by atoms with E-state index < -0.39 is 126 Å². The van der Waals surface area contributed by atoms with E-state index in [-0.39, 0.29) is 65.5 Å². The molecular weight excluding hydrogens is 1080 g/mol. The highest BCUT2D eigenvalue weighted by atomic mass is 32.2. The van der Waals surface area contributed by atoms with Gasteiger partial charge in [0.15, 0.2) is 24.8 Å². The number of nitrogens with one attached hydrogen (secondary N) is 1. The lowest BCUT2D eigenvalue weighted by Crippen LogP contribution is -2.64. The van der Waals surface area contributed by atoms with E-state index >= 15 is 0 Å². The fourth-order valence-electron chi connectivity index (χ4n) is 11.7. The lowest BCUT2D eigenvalue weighted by Gasteiger charge is -2.49. The molecule has 81 heavy (non-hydrogen) atoms. The van der Waals surface area contributed by atoms with Crippen molar-refractivity contribution in [3.8, 4) is 0 Å². The standard InChI is InChI=1S/C57H76N4O19S/c1-4-34-27-37(40(63)21-12-11-19-38-29-61(60-59-38)23-22-45(64)58-39-20-13-18-36-24-31(2)25-44(46(36)39)81(72,73)74)28-41(51(34)80-56-50(68)49(67)47(65)32(3)75-56)77-57-53(79-55(71)35-16-9-6-10-17-35)52(48(66)43(30-62)78-57)76-42(54(69)70)26-33-14-7-5-8-15-33/h6,9-10,13,16-18,20,24-25,29,32-34,37,41-43,47-53,56-57,62,65-68H,4-5,7-8,11-12,14-15,19,21-23,26-28,30H2,1-3H3,(H,58,64)(H,69,70)(H,72,73,74)/t32?,34?,37?,41?,42-,43?,47?,48?,49?,50?,51?,52?,53?,56?,57?/m0/s1. The topological polar surface area (TPSA) is 342 Å². The SMILES string of the molecule is CCC1CC(C(=O)CCCCc2cn(CCC(=O)Nc3cccc4cc(C)cc(S(=O)(=O)O)c34)nn2)CC(OC2OC(CO)C(O)C(O[C@@H](CC3CCCCC3)C(=O)O)C2OC(=O)c2ccccc2)C1OC1OC(C)C(O)C(O)C1O. The first-order chi connectivity index (χ1) is 38.7. The van der Waals surface area contributed by atoms with Crippen molar-refractivity contribution in [3.05, 3.63) is 83.7 Å². The van der Waals surface area contributed by atoms with Crippen LogP contribution in [0.3, 0.4) is 0 Å². The number of aliphatic hydroxyl groups is 5. The molecule has 23 nitrogen and oxygen atoms in total. The Morgan fingerprint density at radius 1 is 0.852 bits per heavy atom. The van der Waals surface area contributed by atoms with E-state index in [1.165, 1.54) is 29.8 Å². The Balaban J connectivity index is 0.964. The minimum Gasteiger partial charge on any atom is -0.479 e. The van der Waals surface area contributed by atoms with Crippen molar-refractivity contribution < 1.29 is 91.2 Å². The number of amides is 1. The Hall–Kier alpha value is -5.35. The zero-order valence-corrected chi connectivity index (χ0v) is 46.5. The number of aromatic nitrogens is 3. The highest BCUT2D eigenvalue weighted by Crippen LogP contribution is 2.41. The second kappa shape index (κ2) is 27.8. The number of hydrogen-bond donors (Lipinski definition) is 8. The molecule has 0 bridgehead atoms. The molecule has 14 unspecified atom stereocenters. The van der Waals surface area contributed by atoms with E-state index in [1.54, 1.807) is 55.6 Å². The van der Waals surface area contributed by atoms with Crippen LogP contribution < -0.4 is 5.32 Å². The molecule has 15 atom stereocenters. The van der Waals surface area contributed by atoms with Crippen molar-refractivity contribution in [3.63, 3.8) is 0 Å². The average Bonchev–Trinajstić information content (AvgIpc) is 3.98. The summed E-state index contributed by atoms with van der Waals surface area (Å²) in [5, 5.41) is 77.2. The molecule has 4 fully saturated rings. The number of carboxylic acids is 1. The Labute approximate surface area is 470 Å². The number of Topliss-reactive ketones (excluding diaryl/α,β-unsaturated/α-hetero) is 1. The van der Waals surface area contributed by atoms with Crippen LogP contribution in [0.4, 0.5) is 5.69 Å². The largest absolute Gasteiger partial charge is 0.479 e. The number of carbonyl (C=O) groups excluding carboxylic acids is 3. The molecule has 0 radical (unpaired) electrons. The van der Waals surface area contributed by atoms with Gasteiger partial charge in [0.1, 0.15) is 47.3 Å². The molecule has 1 aromatic heterocycles. The van der Waals surface area contributed by atoms with E-state index in [4.69, 9.17) is 28.4 Å². The molecule has 0 spiro atoms. The highest BCUT2D eigenvalue weighted by molar-refractivity contribution is 7.86. The second-order valence-electron chi connectivity index (χ2n) is 22.0. The number of hydrogen-bond acceptors (Lipinski definition) is 19. The number of esters is 1. The molecule has 2 aliphatic carbocycles. The van der Waals surface area contributed by atoms with Crippen molar-refractivity contribution in [1.82, 2.24) is 15.0 Å². The third-order valence-corrected chi connectivity index (χ3v) is 17.0. The predicted octanol–water partition coefficient (Wildman–Crippen LogP) is 4.44. The van der Waals surface area contributed by atoms with Gasteiger partial charge in [-0.3, -0.25) is 18.8 Å². The molecule has 1 amide bonds. The number of aryl methyl sites for hydroxylation is 3. The van der Waals surface area contributed by atoms with Gasteiger partial charge in [0.25, 0.3) is 10.1 Å². The van der Waals surface area contributed by atoms with Gasteiger partial charge in [-0.1, -0.05) is 87.1 Å². The number of benzene rings is 3. The second-order valence-corrected chi connectivity index (χ2v) is 23.4. The molecule has 2 saturated carbocycles. The lowest BCUT2D eigenvalue weighted by atomic mass is 9.74. The summed E-state index contributed by atoms with van der Waals surface area (Å²) >= 11 is 0. The number of rotatable bonds is 24. The fraction of sp³-hybridized carbons (Fsp3) is 0.614. The van der Waals surface area contributed by atoms with Gasteiger partial charge in [-0.2, -0.15) is 8.42 Å². The minimum atomic E-state index is -4.60. The molecule has 24 heteroatoms. The van der Waals surface area contributed by atoms with E-state index in [1.807, 2.05) is 6.92 Å². The van der Waals surface area contributed by atoms with E-state index in [9.17, 15) is 62.8 Å². The number of fused-ring (bicyclic) bond motifs is 1. The number of aliphatic carboxylic acids is 1. The van der Waals surface area contributed by atoms with Gasteiger partial charge >= 0.3 is 11.9 Å². The van der Waals surface area contributed by atoms with Gasteiger partial charge in [-0.25, -0.2) is 9.59 Å². The molecular formula is C57H76N4O19S. The van der Waals surface area contributed by atoms with Crippen LogP contribution in [0.1, 0.15) is 119 Å². The van der Waals surface area contributed by atoms with Crippen molar-refractivity contribution in [2.75, 3.05) is 11.9 Å². The smallest absolute Gasteiger partial charge is 0.338 e. The summed E-state index contributed by atoms with van der Waals surface area (Å²) in [6.07, 6.45) is -10.4. The van der Waals surface area contributed by atoms with E-state index in [2.05, 4.69) is 15.6 Å². The van der Waals surface area contributed by atoms with Crippen LogP contribution in [-0.2, 0) is 65.9 Å². The summed E-state index contributed by atoms with van der Waals surface area (Å²) in [4.78, 5) is 54.0. The van der Waals surface area contributed by atoms with E-state index in [0.29, 0.717) is 48.7 Å². The molecule has 444 valence electrons. The van der Waals surface area contributed by atoms with Gasteiger partial charge < -0.3 is 64.4 Å². The maximum absolute atomic E-state index is 14.4. The molecule has 2 saturated heterocycles. The first-order valence-corrected chi connectivity index (χ1v) is 29.5. The molecule has 8 N–H and O–H groups in total. The van der Waals surface area contributed by atoms with E-state index in [0.717, 1.165) is 32.1 Å². The summed E-state index contributed by atoms with van der Waals surface area (Å²) in [7, 11) is -4.60. The average molecular weight is 1150 g/mol. The van der Waals surface area contributed by atoms with Crippen molar-refractivity contribution in [2.24, 2.45) is 17.8 Å². The monoisotopic (exact) mass is 1150 g/mol. The van der Waals surface area contributed by atoms with Gasteiger partial charge in [0, 0.05) is 36.0 Å². The van der Waals surface area contributed by atoms with Gasteiger partial charge in [-0.15, -0.1) is 5.10 Å². The molecule has 4 aromatic rings. The molecule has 3 heterocycles. The quantitative estimate of drug-likeness (QED) is 0.0273. The van der Waals surface area contributed by atoms with Crippen LogP contribution in [0.2, 0.25) is 0 Å². The summed E-state index contributed by atoms with van der Waals surface area (Å²) in [6, 6.07) is 15.9. The first kappa shape index (κ1) is 61.7. The fourth-order valence-corrected chi connectivity index (χ4v) is 12.5. The minimum absolute atomic E-state index is 0.0101. The Bertz CT molecular complexity index is 2890. The number of carbonyl (C=O) groups is 4. The normalized spacial score (nSPS) is 29.7. The van der Waals surface area contributed by atoms with Crippen LogP contribution >= 0.6 is 0 Å². The summed E-state index contributed by atoms with van der Waals surface area (Å²) < 4.78 is 73.8. The lowest BCUT2D eigenvalue weighted by molar-refractivity contribution is -0.349. The van der Waals surface area contributed by atoms with Crippen LogP contribution in [0, 0.1) is 24.7 Å². The van der Waals surface area contributed by atoms with Gasteiger partial charge in [0.2, 0.25) is 5.91 Å². The molecule has 3 aromatic carbocycles. The highest BCUT2D eigenvalue weighted by Gasteiger charge is 2.54. The summed E-state index contributed by atoms with van der Waals surface area (Å²) in [6.45, 7) is 4.44. The Kier molecular flexibility index (Phi) is 21.2. The third kappa shape index (κ3) is 15.5. The number of ether oxygens (including phenoxy) is 6. The predicted molar refractivity (Wildman–Crippen MR) is 288 cm³/mol. The molecule has 8 rings (SSSR count). The number of unbranched alkanes of at least 4 members (excludes halogenated alkanes) is 1. The Morgan fingerprint density at radius 2 is 1.60 bits per heavy atom. The summed E-state index contributed by atoms with van der Waals surface area (Å²) in [5.74, 6) is -3.80. The zero-order valence-electron chi connectivity index (χ0n) is 45.7. The number of anilines is 1. The maximum atomic E-state index is 14.4. The number of nitrogens with zero attached hydrogens (tertiary/aromatic N) is 3. The third-order valence-electron chi connectivity index (χ3n) is 16.1. The number of carboxylic acid groups (broad SMARTS) is 1. The number of aliphatic hydroxyl groups excluding tert-OH is 5. The number of ketones is 1. The van der Waals surface area contributed by atoms with Gasteiger partial charge in [-0.05, 0) is 99.4 Å². The zero-order chi connectivity index (χ0) is 58.1. The van der Waals surface area contributed by atoms with Crippen molar-refractivity contribution in [2.45, 2.75) is 202 Å². The van der Waals surface area contributed by atoms with Crippen LogP contribution in [-0.4, -0.2) is 169 Å². The van der Waals surface area contributed by atoms with Crippen LogP contribution in [0.15, 0.2) is 71.8 Å². The maximum Gasteiger partial charge on any atom is 0.338 e. The summed E-state index contributed by atoms with van der Waals surface area (Å²) in [5.41, 5.74) is 1.57. The van der Waals surface area contributed by atoms with Crippen LogP contribution in [0.5, 0.6) is 0 Å². The van der Waals surface area contributed by atoms with Gasteiger partial charge in [0.05, 0.1) is 42.7 Å². The molecule has 2 aliphatic heterocycles. The molecule has 4 aliphatic rings. The van der Waals surface area contributed by atoms with Crippen LogP contribution in [0.25, 0.3) is 10.8 Å². The Morgan fingerprint density at radius 3 is 2.31 bits per heavy atom. The van der Waals surface area contributed by atoms with Crippen molar-refractivity contribution in [1.29, 1.82) is 0 Å². The first-order valence-electron chi connectivity index (χ1n) is 28.0.